The number of anilines is 2. The number of carbonyl (C=O) groups is 1. The third-order valence-corrected chi connectivity index (χ3v) is 4.41. The molecular formula is C21H20N6O2. The molecule has 0 atom stereocenters. The van der Waals surface area contributed by atoms with Gasteiger partial charge in [0.2, 0.25) is 0 Å². The Labute approximate surface area is 167 Å². The average Bonchev–Trinajstić information content (AvgIpc) is 3.08. The predicted octanol–water partition coefficient (Wildman–Crippen LogP) is 3.75. The van der Waals surface area contributed by atoms with Crippen molar-refractivity contribution >= 4 is 28.5 Å². The first kappa shape index (κ1) is 18.5. The highest BCUT2D eigenvalue weighted by Crippen LogP contribution is 2.25. The second-order valence-electron chi connectivity index (χ2n) is 6.53. The van der Waals surface area contributed by atoms with Gasteiger partial charge < -0.3 is 10.1 Å². The summed E-state index contributed by atoms with van der Waals surface area (Å²) in [7, 11) is 0. The summed E-state index contributed by atoms with van der Waals surface area (Å²) < 4.78 is 6.80. The minimum Gasteiger partial charge on any atom is -0.462 e. The maximum atomic E-state index is 12.2. The van der Waals surface area contributed by atoms with E-state index in [0.29, 0.717) is 17.5 Å². The number of esters is 1. The molecule has 3 aromatic heterocycles. The van der Waals surface area contributed by atoms with Crippen LogP contribution in [0.15, 0.2) is 48.9 Å². The van der Waals surface area contributed by atoms with Crippen LogP contribution < -0.4 is 5.32 Å². The Kier molecular flexibility index (Phi) is 4.90. The number of para-hydroxylation sites is 1. The summed E-state index contributed by atoms with van der Waals surface area (Å²) in [5, 5.41) is 8.84. The Morgan fingerprint density at radius 1 is 1.21 bits per heavy atom. The van der Waals surface area contributed by atoms with E-state index < -0.39 is 5.97 Å². The van der Waals surface area contributed by atoms with Crippen molar-refractivity contribution in [2.75, 3.05) is 11.9 Å². The second kappa shape index (κ2) is 7.67. The molecule has 0 saturated heterocycles. The van der Waals surface area contributed by atoms with E-state index >= 15 is 0 Å². The van der Waals surface area contributed by atoms with Crippen molar-refractivity contribution in [1.82, 2.24) is 24.7 Å². The number of aromatic nitrogens is 5. The lowest BCUT2D eigenvalue weighted by Crippen LogP contribution is -2.12. The smallest absolute Gasteiger partial charge is 0.343 e. The SMILES string of the molecule is CCOC(=O)c1cncnc1Nc1cc(C)nn1-c1cc(C)c2ccccc2n1. The summed E-state index contributed by atoms with van der Waals surface area (Å²) >= 11 is 0. The molecule has 0 saturated carbocycles. The quantitative estimate of drug-likeness (QED) is 0.520. The number of rotatable bonds is 5. The molecule has 29 heavy (non-hydrogen) atoms. The molecule has 0 aliphatic rings. The van der Waals surface area contributed by atoms with E-state index in [0.717, 1.165) is 22.2 Å². The van der Waals surface area contributed by atoms with Crippen molar-refractivity contribution in [3.8, 4) is 5.82 Å². The molecule has 4 rings (SSSR count). The minimum absolute atomic E-state index is 0.252. The van der Waals surface area contributed by atoms with Crippen molar-refractivity contribution in [3.05, 3.63) is 65.7 Å². The molecule has 0 unspecified atom stereocenters. The highest BCUT2D eigenvalue weighted by molar-refractivity contribution is 5.95. The molecule has 0 amide bonds. The van der Waals surface area contributed by atoms with E-state index in [2.05, 4.69) is 20.4 Å². The zero-order chi connectivity index (χ0) is 20.4. The van der Waals surface area contributed by atoms with Crippen LogP contribution in [0.5, 0.6) is 0 Å². The van der Waals surface area contributed by atoms with Gasteiger partial charge in [-0.1, -0.05) is 18.2 Å². The standard InChI is InChI=1S/C21H20N6O2/c1-4-29-21(28)16-11-22-12-23-20(16)25-19-10-14(3)26-27(19)18-9-13(2)15-7-5-6-8-17(15)24-18/h5-12H,4H2,1-3H3,(H,22,23,25). The molecule has 0 spiro atoms. The van der Waals surface area contributed by atoms with E-state index in [9.17, 15) is 4.79 Å². The van der Waals surface area contributed by atoms with Gasteiger partial charge in [-0.05, 0) is 38.5 Å². The van der Waals surface area contributed by atoms with Gasteiger partial charge in [0.1, 0.15) is 23.5 Å². The molecule has 1 N–H and O–H groups in total. The summed E-state index contributed by atoms with van der Waals surface area (Å²) in [6, 6.07) is 11.8. The summed E-state index contributed by atoms with van der Waals surface area (Å²) in [6.07, 6.45) is 2.80. The van der Waals surface area contributed by atoms with Gasteiger partial charge in [0, 0.05) is 17.6 Å². The molecule has 146 valence electrons. The summed E-state index contributed by atoms with van der Waals surface area (Å²) in [5.74, 6) is 1.16. The third kappa shape index (κ3) is 3.64. The lowest BCUT2D eigenvalue weighted by Gasteiger charge is -2.12. The number of benzene rings is 1. The number of ether oxygens (including phenoxy) is 1. The highest BCUT2D eigenvalue weighted by atomic mass is 16.5. The molecule has 0 aliphatic carbocycles. The predicted molar refractivity (Wildman–Crippen MR) is 110 cm³/mol. The van der Waals surface area contributed by atoms with Gasteiger partial charge >= 0.3 is 5.97 Å². The van der Waals surface area contributed by atoms with Crippen LogP contribution >= 0.6 is 0 Å². The monoisotopic (exact) mass is 388 g/mol. The van der Waals surface area contributed by atoms with Crippen LogP contribution in [-0.2, 0) is 4.74 Å². The Morgan fingerprint density at radius 2 is 2.03 bits per heavy atom. The summed E-state index contributed by atoms with van der Waals surface area (Å²) in [6.45, 7) is 5.95. The molecule has 4 aromatic rings. The fourth-order valence-electron chi connectivity index (χ4n) is 3.11. The number of hydrogen-bond donors (Lipinski definition) is 1. The number of fused-ring (bicyclic) bond motifs is 1. The highest BCUT2D eigenvalue weighted by Gasteiger charge is 2.17. The molecule has 0 bridgehead atoms. The van der Waals surface area contributed by atoms with Crippen LogP contribution in [0.3, 0.4) is 0 Å². The average molecular weight is 388 g/mol. The van der Waals surface area contributed by atoms with Gasteiger partial charge in [-0.3, -0.25) is 0 Å². The van der Waals surface area contributed by atoms with Gasteiger partial charge in [-0.15, -0.1) is 0 Å². The molecule has 1 aromatic carbocycles. The molecule has 8 nitrogen and oxygen atoms in total. The van der Waals surface area contributed by atoms with Gasteiger partial charge in [-0.2, -0.15) is 9.78 Å². The maximum Gasteiger partial charge on any atom is 0.343 e. The van der Waals surface area contributed by atoms with E-state index in [4.69, 9.17) is 9.72 Å². The topological polar surface area (TPSA) is 94.8 Å². The Hall–Kier alpha value is -3.81. The molecule has 0 aliphatic heterocycles. The zero-order valence-electron chi connectivity index (χ0n) is 16.4. The largest absolute Gasteiger partial charge is 0.462 e. The van der Waals surface area contributed by atoms with Gasteiger partial charge in [0.05, 0.1) is 17.8 Å². The van der Waals surface area contributed by atoms with Crippen LogP contribution in [0, 0.1) is 13.8 Å². The summed E-state index contributed by atoms with van der Waals surface area (Å²) in [4.78, 5) is 25.1. The van der Waals surface area contributed by atoms with E-state index in [-0.39, 0.29) is 12.2 Å². The van der Waals surface area contributed by atoms with Crippen molar-refractivity contribution in [1.29, 1.82) is 0 Å². The maximum absolute atomic E-state index is 12.2. The van der Waals surface area contributed by atoms with Crippen LogP contribution in [0.2, 0.25) is 0 Å². The van der Waals surface area contributed by atoms with Crippen LogP contribution in [0.25, 0.3) is 16.7 Å². The van der Waals surface area contributed by atoms with Crippen molar-refractivity contribution < 1.29 is 9.53 Å². The van der Waals surface area contributed by atoms with Crippen LogP contribution in [0.1, 0.15) is 28.5 Å². The second-order valence-corrected chi connectivity index (χ2v) is 6.53. The van der Waals surface area contributed by atoms with Gasteiger partial charge in [0.25, 0.3) is 0 Å². The lowest BCUT2D eigenvalue weighted by atomic mass is 10.1. The van der Waals surface area contributed by atoms with E-state index in [1.54, 1.807) is 11.6 Å². The van der Waals surface area contributed by atoms with Crippen LogP contribution in [-0.4, -0.2) is 37.3 Å². The molecule has 0 fully saturated rings. The Morgan fingerprint density at radius 3 is 2.86 bits per heavy atom. The number of nitrogens with one attached hydrogen (secondary N) is 1. The lowest BCUT2D eigenvalue weighted by molar-refractivity contribution is 0.0526. The normalized spacial score (nSPS) is 10.9. The molecule has 3 heterocycles. The fourth-order valence-corrected chi connectivity index (χ4v) is 3.11. The van der Waals surface area contributed by atoms with Gasteiger partial charge in [0.15, 0.2) is 5.82 Å². The molecular weight excluding hydrogens is 368 g/mol. The third-order valence-electron chi connectivity index (χ3n) is 4.41. The summed E-state index contributed by atoms with van der Waals surface area (Å²) in [5.41, 5.74) is 3.03. The number of pyridine rings is 1. The Bertz CT molecular complexity index is 1200. The van der Waals surface area contributed by atoms with E-state index in [1.165, 1.54) is 12.5 Å². The number of nitrogens with zero attached hydrogens (tertiary/aromatic N) is 5. The number of hydrogen-bond acceptors (Lipinski definition) is 7. The van der Waals surface area contributed by atoms with Gasteiger partial charge in [-0.25, -0.2) is 19.7 Å². The first-order valence-electron chi connectivity index (χ1n) is 9.24. The fraction of sp³-hybridized carbons (Fsp3) is 0.190. The van der Waals surface area contributed by atoms with Crippen molar-refractivity contribution in [2.45, 2.75) is 20.8 Å². The van der Waals surface area contributed by atoms with Crippen molar-refractivity contribution in [3.63, 3.8) is 0 Å². The first-order chi connectivity index (χ1) is 14.1. The van der Waals surface area contributed by atoms with Crippen molar-refractivity contribution in [2.24, 2.45) is 0 Å². The molecule has 8 heteroatoms. The Balaban J connectivity index is 1.77. The number of aryl methyl sites for hydroxylation is 2. The van der Waals surface area contributed by atoms with Crippen LogP contribution in [0.4, 0.5) is 11.6 Å². The number of carbonyl (C=O) groups excluding carboxylic acids is 1. The minimum atomic E-state index is -0.488. The molecule has 0 radical (unpaired) electrons. The zero-order valence-corrected chi connectivity index (χ0v) is 16.4. The van der Waals surface area contributed by atoms with E-state index in [1.807, 2.05) is 50.2 Å². The first-order valence-corrected chi connectivity index (χ1v) is 9.24.